The molecule has 0 aliphatic carbocycles. The lowest BCUT2D eigenvalue weighted by Crippen LogP contribution is -2.18. The number of amides is 1. The Hall–Kier alpha value is -1.62. The van der Waals surface area contributed by atoms with E-state index in [4.69, 9.17) is 22.7 Å². The highest BCUT2D eigenvalue weighted by atomic mass is 32.1. The molecule has 5 heteroatoms. The molecule has 0 fully saturated rings. The van der Waals surface area contributed by atoms with Crippen molar-refractivity contribution in [3.8, 4) is 5.75 Å². The van der Waals surface area contributed by atoms with E-state index in [1.54, 1.807) is 12.1 Å². The minimum absolute atomic E-state index is 0.0141. The molecule has 0 aliphatic rings. The fraction of sp³-hybridized carbons (Fsp3) is 0.429. The van der Waals surface area contributed by atoms with Gasteiger partial charge in [0.1, 0.15) is 17.3 Å². The third-order valence-electron chi connectivity index (χ3n) is 2.45. The predicted octanol–water partition coefficient (Wildman–Crippen LogP) is 2.73. The molecule has 1 amide bonds. The molecule has 104 valence electrons. The summed E-state index contributed by atoms with van der Waals surface area (Å²) in [7, 11) is 0. The van der Waals surface area contributed by atoms with Crippen molar-refractivity contribution < 1.29 is 9.53 Å². The number of nitrogens with two attached hydrogens (primary N) is 1. The molecule has 3 N–H and O–H groups in total. The summed E-state index contributed by atoms with van der Waals surface area (Å²) in [6.07, 6.45) is 1.40. The molecule has 1 rings (SSSR count). The summed E-state index contributed by atoms with van der Waals surface area (Å²) in [4.78, 5) is 12.0. The summed E-state index contributed by atoms with van der Waals surface area (Å²) in [5, 5.41) is 2.84. The van der Waals surface area contributed by atoms with Crippen LogP contribution in [0.15, 0.2) is 24.3 Å². The molecule has 19 heavy (non-hydrogen) atoms. The van der Waals surface area contributed by atoms with Gasteiger partial charge in [-0.15, -0.1) is 0 Å². The van der Waals surface area contributed by atoms with E-state index in [9.17, 15) is 4.79 Å². The van der Waals surface area contributed by atoms with E-state index in [1.807, 2.05) is 12.1 Å². The van der Waals surface area contributed by atoms with Crippen LogP contribution in [0.1, 0.15) is 26.7 Å². The lowest BCUT2D eigenvalue weighted by molar-refractivity contribution is -0.116. The van der Waals surface area contributed by atoms with Crippen LogP contribution in [-0.4, -0.2) is 17.5 Å². The average Bonchev–Trinajstić information content (AvgIpc) is 2.34. The van der Waals surface area contributed by atoms with Gasteiger partial charge in [-0.3, -0.25) is 4.79 Å². The number of thiocarbonyl (C=S) groups is 1. The summed E-state index contributed by atoms with van der Waals surface area (Å²) in [6, 6.07) is 7.18. The maximum atomic E-state index is 11.7. The van der Waals surface area contributed by atoms with Crippen molar-refractivity contribution in [2.75, 3.05) is 11.9 Å². The van der Waals surface area contributed by atoms with Crippen LogP contribution in [0.5, 0.6) is 5.75 Å². The molecule has 0 saturated heterocycles. The van der Waals surface area contributed by atoms with Gasteiger partial charge in [0.15, 0.2) is 0 Å². The van der Waals surface area contributed by atoms with Crippen molar-refractivity contribution in [3.05, 3.63) is 24.3 Å². The van der Waals surface area contributed by atoms with Crippen molar-refractivity contribution in [1.29, 1.82) is 0 Å². The second-order valence-electron chi connectivity index (χ2n) is 4.76. The molecule has 0 bridgehead atoms. The highest BCUT2D eigenvalue weighted by Crippen LogP contribution is 2.18. The maximum absolute atomic E-state index is 11.7. The van der Waals surface area contributed by atoms with Crippen LogP contribution in [0.2, 0.25) is 0 Å². The van der Waals surface area contributed by atoms with Gasteiger partial charge in [0.05, 0.1) is 0 Å². The molecule has 0 aromatic heterocycles. The Morgan fingerprint density at radius 3 is 2.84 bits per heavy atom. The van der Waals surface area contributed by atoms with E-state index >= 15 is 0 Å². The average molecular weight is 280 g/mol. The van der Waals surface area contributed by atoms with Gasteiger partial charge < -0.3 is 15.8 Å². The Morgan fingerprint density at radius 1 is 1.47 bits per heavy atom. The molecule has 0 heterocycles. The van der Waals surface area contributed by atoms with Crippen molar-refractivity contribution in [3.63, 3.8) is 0 Å². The normalized spacial score (nSPS) is 10.3. The van der Waals surface area contributed by atoms with Crippen LogP contribution >= 0.6 is 12.2 Å². The first-order valence-corrected chi connectivity index (χ1v) is 6.69. The van der Waals surface area contributed by atoms with Gasteiger partial charge in [0.25, 0.3) is 0 Å². The van der Waals surface area contributed by atoms with Gasteiger partial charge in [0, 0.05) is 18.2 Å². The smallest absolute Gasteiger partial charge is 0.224 e. The summed E-state index contributed by atoms with van der Waals surface area (Å²) < 4.78 is 5.37. The van der Waals surface area contributed by atoms with Crippen molar-refractivity contribution in [2.24, 2.45) is 11.7 Å². The van der Waals surface area contributed by atoms with Crippen molar-refractivity contribution in [2.45, 2.75) is 26.7 Å². The lowest BCUT2D eigenvalue weighted by atomic mass is 10.1. The largest absolute Gasteiger partial charge is 0.486 e. The lowest BCUT2D eigenvalue weighted by Gasteiger charge is -2.09. The molecule has 0 spiro atoms. The van der Waals surface area contributed by atoms with Gasteiger partial charge in [-0.25, -0.2) is 0 Å². The zero-order valence-corrected chi connectivity index (χ0v) is 12.1. The summed E-state index contributed by atoms with van der Waals surface area (Å²) in [6.45, 7) is 4.38. The molecule has 0 aliphatic heterocycles. The van der Waals surface area contributed by atoms with Crippen LogP contribution in [0.4, 0.5) is 5.69 Å². The third-order valence-corrected chi connectivity index (χ3v) is 2.57. The van der Waals surface area contributed by atoms with Gasteiger partial charge >= 0.3 is 0 Å². The van der Waals surface area contributed by atoms with Crippen molar-refractivity contribution in [1.82, 2.24) is 0 Å². The van der Waals surface area contributed by atoms with Gasteiger partial charge in [-0.05, 0) is 24.5 Å². The Morgan fingerprint density at radius 2 is 2.21 bits per heavy atom. The minimum Gasteiger partial charge on any atom is -0.486 e. The minimum atomic E-state index is 0.0141. The van der Waals surface area contributed by atoms with E-state index in [-0.39, 0.29) is 12.5 Å². The molecular weight excluding hydrogens is 260 g/mol. The number of nitrogens with one attached hydrogen (secondary N) is 1. The number of rotatable bonds is 7. The molecule has 0 unspecified atom stereocenters. The summed E-state index contributed by atoms with van der Waals surface area (Å²) in [5.74, 6) is 1.17. The maximum Gasteiger partial charge on any atom is 0.224 e. The number of anilines is 1. The van der Waals surface area contributed by atoms with Crippen LogP contribution in [0.25, 0.3) is 0 Å². The first-order valence-electron chi connectivity index (χ1n) is 6.28. The number of hydrogen-bond donors (Lipinski definition) is 2. The summed E-state index contributed by atoms with van der Waals surface area (Å²) in [5.41, 5.74) is 6.08. The first kappa shape index (κ1) is 15.4. The number of carbonyl (C=O) groups excluding carboxylic acids is 1. The van der Waals surface area contributed by atoms with E-state index in [2.05, 4.69) is 19.2 Å². The Balaban J connectivity index is 2.51. The Labute approximate surface area is 119 Å². The Bertz CT molecular complexity index is 447. The van der Waals surface area contributed by atoms with E-state index in [1.165, 1.54) is 0 Å². The SMILES string of the molecule is CC(C)CCC(=O)Nc1cccc(OCC(N)=S)c1. The molecule has 0 saturated carbocycles. The zero-order valence-electron chi connectivity index (χ0n) is 11.3. The van der Waals surface area contributed by atoms with Crippen LogP contribution in [0, 0.1) is 5.92 Å². The van der Waals surface area contributed by atoms with Crippen LogP contribution < -0.4 is 15.8 Å². The van der Waals surface area contributed by atoms with Gasteiger partial charge in [-0.2, -0.15) is 0 Å². The number of carbonyl (C=O) groups is 1. The number of ether oxygens (including phenoxy) is 1. The molecule has 1 aromatic carbocycles. The standard InChI is InChI=1S/C14H20N2O2S/c1-10(2)6-7-14(17)16-11-4-3-5-12(8-11)18-9-13(15)19/h3-5,8,10H,6-7,9H2,1-2H3,(H2,15,19)(H,16,17). The van der Waals surface area contributed by atoms with E-state index in [0.29, 0.717) is 28.8 Å². The van der Waals surface area contributed by atoms with E-state index in [0.717, 1.165) is 6.42 Å². The highest BCUT2D eigenvalue weighted by molar-refractivity contribution is 7.80. The number of hydrogen-bond acceptors (Lipinski definition) is 3. The Kier molecular flexibility index (Phi) is 6.29. The quantitative estimate of drug-likeness (QED) is 0.754. The van der Waals surface area contributed by atoms with Crippen LogP contribution in [-0.2, 0) is 4.79 Å². The molecule has 1 aromatic rings. The zero-order chi connectivity index (χ0) is 14.3. The first-order chi connectivity index (χ1) is 8.97. The topological polar surface area (TPSA) is 64.3 Å². The van der Waals surface area contributed by atoms with Gasteiger partial charge in [0.2, 0.25) is 5.91 Å². The fourth-order valence-electron chi connectivity index (χ4n) is 1.46. The fourth-order valence-corrected chi connectivity index (χ4v) is 1.52. The molecule has 4 nitrogen and oxygen atoms in total. The monoisotopic (exact) mass is 280 g/mol. The second-order valence-corrected chi connectivity index (χ2v) is 5.29. The third kappa shape index (κ3) is 6.76. The molecule has 0 radical (unpaired) electrons. The highest BCUT2D eigenvalue weighted by Gasteiger charge is 2.05. The van der Waals surface area contributed by atoms with Crippen molar-refractivity contribution >= 4 is 28.8 Å². The number of benzene rings is 1. The molecular formula is C14H20N2O2S. The van der Waals surface area contributed by atoms with Gasteiger partial charge in [-0.1, -0.05) is 32.1 Å². The van der Waals surface area contributed by atoms with Crippen LogP contribution in [0.3, 0.4) is 0 Å². The predicted molar refractivity (Wildman–Crippen MR) is 81.4 cm³/mol. The van der Waals surface area contributed by atoms with E-state index < -0.39 is 0 Å². The second kappa shape index (κ2) is 7.74. The summed E-state index contributed by atoms with van der Waals surface area (Å²) >= 11 is 4.74. The molecule has 0 atom stereocenters.